The van der Waals surface area contributed by atoms with Gasteiger partial charge in [-0.2, -0.15) is 0 Å². The van der Waals surface area contributed by atoms with Crippen molar-refractivity contribution in [3.63, 3.8) is 0 Å². The maximum Gasteiger partial charge on any atom is 0.332 e. The lowest BCUT2D eigenvalue weighted by atomic mass is 10.1. The Morgan fingerprint density at radius 2 is 1.75 bits per heavy atom. The molecule has 0 spiro atoms. The quantitative estimate of drug-likeness (QED) is 0.765. The van der Waals surface area contributed by atoms with Crippen LogP contribution in [0, 0.1) is 0 Å². The SMILES string of the molecule is N[C@@H]1CCN2C(=O)N(c3ccc(N4CCOCC4=O)cc3)C(=O)[C@H]12. The van der Waals surface area contributed by atoms with Crippen molar-refractivity contribution in [1.82, 2.24) is 4.90 Å². The van der Waals surface area contributed by atoms with Crippen LogP contribution >= 0.6 is 0 Å². The summed E-state index contributed by atoms with van der Waals surface area (Å²) in [5.41, 5.74) is 7.17. The molecule has 0 aromatic heterocycles. The van der Waals surface area contributed by atoms with Crippen molar-refractivity contribution in [2.75, 3.05) is 36.1 Å². The van der Waals surface area contributed by atoms with Crippen molar-refractivity contribution in [3.8, 4) is 0 Å². The van der Waals surface area contributed by atoms with Crippen LogP contribution in [0.1, 0.15) is 6.42 Å². The largest absolute Gasteiger partial charge is 0.370 e. The van der Waals surface area contributed by atoms with Gasteiger partial charge < -0.3 is 20.3 Å². The van der Waals surface area contributed by atoms with Gasteiger partial charge in [0.25, 0.3) is 11.8 Å². The highest BCUT2D eigenvalue weighted by molar-refractivity contribution is 6.22. The molecule has 2 N–H and O–H groups in total. The van der Waals surface area contributed by atoms with E-state index in [4.69, 9.17) is 10.5 Å². The van der Waals surface area contributed by atoms with Gasteiger partial charge in [-0.3, -0.25) is 9.59 Å². The maximum absolute atomic E-state index is 12.5. The van der Waals surface area contributed by atoms with Crippen molar-refractivity contribution in [2.24, 2.45) is 5.73 Å². The highest BCUT2D eigenvalue weighted by atomic mass is 16.5. The van der Waals surface area contributed by atoms with Crippen LogP contribution in [0.5, 0.6) is 0 Å². The lowest BCUT2D eigenvalue weighted by Crippen LogP contribution is -2.42. The third-order valence-electron chi connectivity index (χ3n) is 4.76. The maximum atomic E-state index is 12.5. The molecular formula is C16H18N4O4. The molecule has 126 valence electrons. The lowest BCUT2D eigenvalue weighted by Gasteiger charge is -2.27. The van der Waals surface area contributed by atoms with E-state index >= 15 is 0 Å². The number of hydrogen-bond acceptors (Lipinski definition) is 5. The van der Waals surface area contributed by atoms with E-state index in [2.05, 4.69) is 0 Å². The second kappa shape index (κ2) is 5.57. The van der Waals surface area contributed by atoms with Gasteiger partial charge >= 0.3 is 6.03 Å². The van der Waals surface area contributed by atoms with Crippen molar-refractivity contribution >= 4 is 29.2 Å². The van der Waals surface area contributed by atoms with E-state index < -0.39 is 6.04 Å². The lowest BCUT2D eigenvalue weighted by molar-refractivity contribution is -0.125. The number of anilines is 2. The molecule has 8 nitrogen and oxygen atoms in total. The van der Waals surface area contributed by atoms with E-state index in [1.807, 2.05) is 0 Å². The summed E-state index contributed by atoms with van der Waals surface area (Å²) in [6.45, 7) is 1.56. The number of carbonyl (C=O) groups is 3. The third kappa shape index (κ3) is 2.18. The van der Waals surface area contributed by atoms with Gasteiger partial charge in [0.15, 0.2) is 0 Å². The number of amides is 4. The Hall–Kier alpha value is -2.45. The van der Waals surface area contributed by atoms with Crippen LogP contribution < -0.4 is 15.5 Å². The van der Waals surface area contributed by atoms with E-state index in [1.54, 1.807) is 29.2 Å². The van der Waals surface area contributed by atoms with E-state index in [0.717, 1.165) is 5.69 Å². The number of nitrogens with two attached hydrogens (primary N) is 1. The number of fused-ring (bicyclic) bond motifs is 1. The van der Waals surface area contributed by atoms with Crippen molar-refractivity contribution in [1.29, 1.82) is 0 Å². The minimum absolute atomic E-state index is 0.0688. The first-order valence-corrected chi connectivity index (χ1v) is 7.96. The Morgan fingerprint density at radius 1 is 1.04 bits per heavy atom. The number of morpholine rings is 1. The summed E-state index contributed by atoms with van der Waals surface area (Å²) >= 11 is 0. The highest BCUT2D eigenvalue weighted by Gasteiger charge is 2.51. The van der Waals surface area contributed by atoms with Crippen LogP contribution in [0.25, 0.3) is 0 Å². The standard InChI is InChI=1S/C16H18N4O4/c17-12-5-6-19-14(12)15(22)20(16(19)23)11-3-1-10(2-4-11)18-7-8-24-9-13(18)21/h1-4,12,14H,5-9,17H2/t12-,14+/m1/s1. The Kier molecular flexibility index (Phi) is 3.50. The van der Waals surface area contributed by atoms with E-state index in [-0.39, 0.29) is 30.5 Å². The molecule has 3 aliphatic heterocycles. The molecule has 0 bridgehead atoms. The molecule has 1 aromatic carbocycles. The molecule has 0 unspecified atom stereocenters. The summed E-state index contributed by atoms with van der Waals surface area (Å²) in [5, 5.41) is 0. The minimum atomic E-state index is -0.557. The van der Waals surface area contributed by atoms with Crippen LogP contribution in [-0.2, 0) is 14.3 Å². The molecule has 24 heavy (non-hydrogen) atoms. The minimum Gasteiger partial charge on any atom is -0.370 e. The summed E-state index contributed by atoms with van der Waals surface area (Å²) in [6.07, 6.45) is 0.647. The number of imide groups is 1. The highest BCUT2D eigenvalue weighted by Crippen LogP contribution is 2.32. The number of ether oxygens (including phenoxy) is 1. The normalized spacial score (nSPS) is 27.2. The fourth-order valence-corrected chi connectivity index (χ4v) is 3.51. The Balaban J connectivity index is 1.58. The van der Waals surface area contributed by atoms with Gasteiger partial charge in [-0.25, -0.2) is 9.69 Å². The zero-order chi connectivity index (χ0) is 16.8. The second-order valence-electron chi connectivity index (χ2n) is 6.16. The monoisotopic (exact) mass is 330 g/mol. The van der Waals surface area contributed by atoms with Gasteiger partial charge in [0.05, 0.1) is 12.3 Å². The van der Waals surface area contributed by atoms with E-state index in [1.165, 1.54) is 9.80 Å². The fraction of sp³-hybridized carbons (Fsp3) is 0.438. The molecule has 2 atom stereocenters. The second-order valence-corrected chi connectivity index (χ2v) is 6.16. The molecule has 3 heterocycles. The average molecular weight is 330 g/mol. The van der Waals surface area contributed by atoms with E-state index in [0.29, 0.717) is 31.8 Å². The zero-order valence-corrected chi connectivity index (χ0v) is 13.1. The summed E-state index contributed by atoms with van der Waals surface area (Å²) in [6, 6.07) is 5.65. The topological polar surface area (TPSA) is 96.2 Å². The molecule has 0 aliphatic carbocycles. The van der Waals surface area contributed by atoms with E-state index in [9.17, 15) is 14.4 Å². The van der Waals surface area contributed by atoms with Gasteiger partial charge in [0.2, 0.25) is 0 Å². The molecular weight excluding hydrogens is 312 g/mol. The molecule has 3 saturated heterocycles. The summed E-state index contributed by atoms with van der Waals surface area (Å²) in [7, 11) is 0. The van der Waals surface area contributed by atoms with Crippen molar-refractivity contribution in [3.05, 3.63) is 24.3 Å². The van der Waals surface area contributed by atoms with Gasteiger partial charge in [0, 0.05) is 24.8 Å². The molecule has 4 amide bonds. The van der Waals surface area contributed by atoms with Crippen LogP contribution in [0.15, 0.2) is 24.3 Å². The number of hydrogen-bond donors (Lipinski definition) is 1. The first kappa shape index (κ1) is 15.1. The molecule has 0 saturated carbocycles. The number of benzene rings is 1. The molecule has 8 heteroatoms. The Bertz CT molecular complexity index is 705. The number of urea groups is 1. The average Bonchev–Trinajstić information content (AvgIpc) is 3.08. The first-order chi connectivity index (χ1) is 11.6. The molecule has 3 aliphatic rings. The molecule has 3 fully saturated rings. The van der Waals surface area contributed by atoms with Crippen LogP contribution in [0.3, 0.4) is 0 Å². The Morgan fingerprint density at radius 3 is 2.42 bits per heavy atom. The van der Waals surface area contributed by atoms with Crippen LogP contribution in [0.4, 0.5) is 16.2 Å². The smallest absolute Gasteiger partial charge is 0.332 e. The third-order valence-corrected chi connectivity index (χ3v) is 4.76. The predicted octanol–water partition coefficient (Wildman–Crippen LogP) is -0.0820. The van der Waals surface area contributed by atoms with Gasteiger partial charge in [-0.05, 0) is 30.7 Å². The molecule has 1 aromatic rings. The fourth-order valence-electron chi connectivity index (χ4n) is 3.51. The van der Waals surface area contributed by atoms with Crippen molar-refractivity contribution < 1.29 is 19.1 Å². The zero-order valence-electron chi connectivity index (χ0n) is 13.1. The number of rotatable bonds is 2. The van der Waals surface area contributed by atoms with Crippen LogP contribution in [-0.4, -0.2) is 61.1 Å². The van der Waals surface area contributed by atoms with Gasteiger partial charge in [-0.1, -0.05) is 0 Å². The molecule has 4 rings (SSSR count). The van der Waals surface area contributed by atoms with Gasteiger partial charge in [-0.15, -0.1) is 0 Å². The number of nitrogens with zero attached hydrogens (tertiary/aromatic N) is 3. The summed E-state index contributed by atoms with van der Waals surface area (Å²) < 4.78 is 5.11. The van der Waals surface area contributed by atoms with Gasteiger partial charge in [0.1, 0.15) is 12.6 Å². The molecule has 0 radical (unpaired) electrons. The summed E-state index contributed by atoms with van der Waals surface area (Å²) in [5.74, 6) is -0.380. The number of carbonyl (C=O) groups excluding carboxylic acids is 3. The summed E-state index contributed by atoms with van der Waals surface area (Å²) in [4.78, 5) is 41.2. The van der Waals surface area contributed by atoms with Crippen molar-refractivity contribution in [2.45, 2.75) is 18.5 Å². The predicted molar refractivity (Wildman–Crippen MR) is 85.6 cm³/mol. The Labute approximate surface area is 138 Å². The van der Waals surface area contributed by atoms with Crippen LogP contribution in [0.2, 0.25) is 0 Å². The first-order valence-electron chi connectivity index (χ1n) is 7.96.